The van der Waals surface area contributed by atoms with E-state index in [0.717, 1.165) is 18.6 Å². The van der Waals surface area contributed by atoms with Gasteiger partial charge in [-0.1, -0.05) is 19.1 Å². The Morgan fingerprint density at radius 1 is 1.33 bits per heavy atom. The zero-order valence-corrected chi connectivity index (χ0v) is 6.85. The number of rotatable bonds is 2. The second-order valence-electron chi connectivity index (χ2n) is 2.48. The molecule has 0 aromatic heterocycles. The number of benzene rings is 1. The van der Waals surface area contributed by atoms with Gasteiger partial charge in [0.15, 0.2) is 0 Å². The fraction of sp³-hybridized carbons (Fsp3) is 0.200. The van der Waals surface area contributed by atoms with Crippen LogP contribution in [0.25, 0.3) is 6.08 Å². The molecule has 0 saturated heterocycles. The molecule has 1 aromatic carbocycles. The SMILES string of the molecule is CCC=Cc1cc(F)ccc1F. The van der Waals surface area contributed by atoms with Crippen molar-refractivity contribution in [3.63, 3.8) is 0 Å². The predicted molar refractivity (Wildman–Crippen MR) is 45.7 cm³/mol. The van der Waals surface area contributed by atoms with E-state index in [1.54, 1.807) is 12.2 Å². The third-order valence-corrected chi connectivity index (χ3v) is 1.49. The van der Waals surface area contributed by atoms with E-state index in [-0.39, 0.29) is 5.82 Å². The van der Waals surface area contributed by atoms with Gasteiger partial charge < -0.3 is 0 Å². The second kappa shape index (κ2) is 4.00. The molecule has 2 heteroatoms. The molecular formula is C10H10F2. The lowest BCUT2D eigenvalue weighted by molar-refractivity contribution is 0.598. The van der Waals surface area contributed by atoms with Crippen LogP contribution in [0.15, 0.2) is 24.3 Å². The highest BCUT2D eigenvalue weighted by molar-refractivity contribution is 5.49. The van der Waals surface area contributed by atoms with E-state index in [9.17, 15) is 8.78 Å². The van der Waals surface area contributed by atoms with E-state index in [0.29, 0.717) is 5.56 Å². The minimum Gasteiger partial charge on any atom is -0.207 e. The second-order valence-corrected chi connectivity index (χ2v) is 2.48. The summed E-state index contributed by atoms with van der Waals surface area (Å²) < 4.78 is 25.4. The Morgan fingerprint density at radius 2 is 2.08 bits per heavy atom. The van der Waals surface area contributed by atoms with Crippen LogP contribution in [0.5, 0.6) is 0 Å². The van der Waals surface area contributed by atoms with E-state index in [2.05, 4.69) is 0 Å². The number of hydrogen-bond acceptors (Lipinski definition) is 0. The van der Waals surface area contributed by atoms with Gasteiger partial charge in [0.1, 0.15) is 11.6 Å². The molecule has 0 aliphatic carbocycles. The smallest absolute Gasteiger partial charge is 0.130 e. The van der Waals surface area contributed by atoms with E-state index in [1.807, 2.05) is 6.92 Å². The van der Waals surface area contributed by atoms with Crippen LogP contribution >= 0.6 is 0 Å². The van der Waals surface area contributed by atoms with Gasteiger partial charge in [-0.25, -0.2) is 8.78 Å². The van der Waals surface area contributed by atoms with Crippen molar-refractivity contribution in [2.24, 2.45) is 0 Å². The van der Waals surface area contributed by atoms with Crippen LogP contribution in [0, 0.1) is 11.6 Å². The first kappa shape index (κ1) is 8.91. The summed E-state index contributed by atoms with van der Waals surface area (Å²) in [6.45, 7) is 1.94. The first-order valence-corrected chi connectivity index (χ1v) is 3.85. The molecule has 1 aromatic rings. The van der Waals surface area contributed by atoms with Crippen LogP contribution in [0.3, 0.4) is 0 Å². The standard InChI is InChI=1S/C10H10F2/c1-2-3-4-8-7-9(11)5-6-10(8)12/h3-7H,2H2,1H3. The van der Waals surface area contributed by atoms with Gasteiger partial charge in [0.2, 0.25) is 0 Å². The van der Waals surface area contributed by atoms with Crippen molar-refractivity contribution in [1.29, 1.82) is 0 Å². The van der Waals surface area contributed by atoms with Crippen molar-refractivity contribution in [3.05, 3.63) is 41.5 Å². The summed E-state index contributed by atoms with van der Waals surface area (Å²) >= 11 is 0. The lowest BCUT2D eigenvalue weighted by Gasteiger charge is -1.95. The Morgan fingerprint density at radius 3 is 2.75 bits per heavy atom. The van der Waals surface area contributed by atoms with E-state index < -0.39 is 5.82 Å². The minimum absolute atomic E-state index is 0.303. The Bertz CT molecular complexity index is 290. The average molecular weight is 168 g/mol. The summed E-state index contributed by atoms with van der Waals surface area (Å²) in [4.78, 5) is 0. The van der Waals surface area contributed by atoms with E-state index in [1.165, 1.54) is 6.07 Å². The van der Waals surface area contributed by atoms with Gasteiger partial charge in [0.25, 0.3) is 0 Å². The maximum Gasteiger partial charge on any atom is 0.130 e. The molecule has 0 atom stereocenters. The molecule has 0 N–H and O–H groups in total. The van der Waals surface area contributed by atoms with Gasteiger partial charge in [0.05, 0.1) is 0 Å². The lowest BCUT2D eigenvalue weighted by Crippen LogP contribution is -1.83. The van der Waals surface area contributed by atoms with Crippen LogP contribution in [0.2, 0.25) is 0 Å². The van der Waals surface area contributed by atoms with Gasteiger partial charge in [0, 0.05) is 5.56 Å². The maximum atomic E-state index is 12.9. The molecule has 0 saturated carbocycles. The van der Waals surface area contributed by atoms with E-state index in [4.69, 9.17) is 0 Å². The van der Waals surface area contributed by atoms with Gasteiger partial charge in [-0.3, -0.25) is 0 Å². The molecule has 64 valence electrons. The quantitative estimate of drug-likeness (QED) is 0.635. The summed E-state index contributed by atoms with van der Waals surface area (Å²) in [6, 6.07) is 3.42. The van der Waals surface area contributed by atoms with Crippen molar-refractivity contribution in [2.45, 2.75) is 13.3 Å². The van der Waals surface area contributed by atoms with Crippen LogP contribution in [0.4, 0.5) is 8.78 Å². The van der Waals surface area contributed by atoms with Crippen molar-refractivity contribution < 1.29 is 8.78 Å². The number of hydrogen-bond donors (Lipinski definition) is 0. The molecule has 0 heterocycles. The molecule has 1 rings (SSSR count). The predicted octanol–water partition coefficient (Wildman–Crippen LogP) is 3.39. The van der Waals surface area contributed by atoms with Crippen molar-refractivity contribution in [2.75, 3.05) is 0 Å². The number of halogens is 2. The van der Waals surface area contributed by atoms with Crippen LogP contribution in [0.1, 0.15) is 18.9 Å². The van der Waals surface area contributed by atoms with Crippen molar-refractivity contribution >= 4 is 6.08 Å². The molecule has 0 bridgehead atoms. The van der Waals surface area contributed by atoms with Crippen molar-refractivity contribution in [3.8, 4) is 0 Å². The Labute approximate surface area is 70.5 Å². The summed E-state index contributed by atoms with van der Waals surface area (Å²) in [5.74, 6) is -0.798. The van der Waals surface area contributed by atoms with Gasteiger partial charge in [-0.15, -0.1) is 0 Å². The highest BCUT2D eigenvalue weighted by atomic mass is 19.1. The Hall–Kier alpha value is -1.18. The van der Waals surface area contributed by atoms with Gasteiger partial charge in [-0.2, -0.15) is 0 Å². The fourth-order valence-electron chi connectivity index (χ4n) is 0.887. The molecular weight excluding hydrogens is 158 g/mol. The monoisotopic (exact) mass is 168 g/mol. The maximum absolute atomic E-state index is 12.9. The fourth-order valence-corrected chi connectivity index (χ4v) is 0.887. The zero-order valence-electron chi connectivity index (χ0n) is 6.85. The van der Waals surface area contributed by atoms with Crippen LogP contribution in [-0.2, 0) is 0 Å². The molecule has 12 heavy (non-hydrogen) atoms. The highest BCUT2D eigenvalue weighted by Crippen LogP contribution is 2.11. The Balaban J connectivity index is 2.97. The topological polar surface area (TPSA) is 0 Å². The molecule has 0 radical (unpaired) electrons. The molecule has 0 aliphatic heterocycles. The highest BCUT2D eigenvalue weighted by Gasteiger charge is 1.98. The zero-order chi connectivity index (χ0) is 8.97. The average Bonchev–Trinajstić information content (AvgIpc) is 2.07. The summed E-state index contributed by atoms with van der Waals surface area (Å²) in [6.07, 6.45) is 4.19. The normalized spacial score (nSPS) is 10.9. The number of allylic oxidation sites excluding steroid dienone is 1. The van der Waals surface area contributed by atoms with E-state index >= 15 is 0 Å². The third kappa shape index (κ3) is 2.16. The molecule has 0 aliphatic rings. The first-order valence-electron chi connectivity index (χ1n) is 3.85. The van der Waals surface area contributed by atoms with Gasteiger partial charge >= 0.3 is 0 Å². The third-order valence-electron chi connectivity index (χ3n) is 1.49. The molecule has 0 amide bonds. The minimum atomic E-state index is -0.410. The Kier molecular flexibility index (Phi) is 2.97. The van der Waals surface area contributed by atoms with Gasteiger partial charge in [-0.05, 0) is 24.6 Å². The molecule has 0 fully saturated rings. The lowest BCUT2D eigenvalue weighted by atomic mass is 10.2. The van der Waals surface area contributed by atoms with Crippen molar-refractivity contribution in [1.82, 2.24) is 0 Å². The summed E-state index contributed by atoms with van der Waals surface area (Å²) in [5.41, 5.74) is 0.303. The molecule has 0 spiro atoms. The largest absolute Gasteiger partial charge is 0.207 e. The molecule has 0 nitrogen and oxygen atoms in total. The van der Waals surface area contributed by atoms with Crippen LogP contribution < -0.4 is 0 Å². The summed E-state index contributed by atoms with van der Waals surface area (Å²) in [5, 5.41) is 0. The van der Waals surface area contributed by atoms with Crippen LogP contribution in [-0.4, -0.2) is 0 Å². The first-order chi connectivity index (χ1) is 5.74. The summed E-state index contributed by atoms with van der Waals surface area (Å²) in [7, 11) is 0. The molecule has 0 unspecified atom stereocenters.